The summed E-state index contributed by atoms with van der Waals surface area (Å²) in [6.45, 7) is -0.456. The van der Waals surface area contributed by atoms with Crippen LogP contribution in [0.4, 0.5) is 5.69 Å². The molecule has 3 aromatic carbocycles. The van der Waals surface area contributed by atoms with Crippen LogP contribution in [0.2, 0.25) is 15.1 Å². The van der Waals surface area contributed by atoms with Crippen molar-refractivity contribution in [3.8, 4) is 0 Å². The highest BCUT2D eigenvalue weighted by atomic mass is 35.5. The first-order valence-electron chi connectivity index (χ1n) is 7.54. The molecule has 26 heavy (non-hydrogen) atoms. The van der Waals surface area contributed by atoms with Crippen LogP contribution in [0, 0.1) is 0 Å². The lowest BCUT2D eigenvalue weighted by Crippen LogP contribution is -2.21. The van der Waals surface area contributed by atoms with Crippen LogP contribution in [0.15, 0.2) is 54.6 Å². The van der Waals surface area contributed by atoms with Crippen LogP contribution >= 0.6 is 34.8 Å². The van der Waals surface area contributed by atoms with Crippen LogP contribution in [-0.4, -0.2) is 18.5 Å². The summed E-state index contributed by atoms with van der Waals surface area (Å²) in [4.78, 5) is 24.1. The number of nitrogens with one attached hydrogen (secondary N) is 1. The molecule has 132 valence electrons. The number of fused-ring (bicyclic) bond motifs is 1. The zero-order valence-electron chi connectivity index (χ0n) is 13.3. The minimum Gasteiger partial charge on any atom is -0.452 e. The van der Waals surface area contributed by atoms with E-state index in [9.17, 15) is 9.59 Å². The molecule has 0 aromatic heterocycles. The van der Waals surface area contributed by atoms with Crippen molar-refractivity contribution in [2.45, 2.75) is 0 Å². The Labute approximate surface area is 164 Å². The van der Waals surface area contributed by atoms with Crippen LogP contribution in [0.5, 0.6) is 0 Å². The minimum absolute atomic E-state index is 0.230. The van der Waals surface area contributed by atoms with Crippen LogP contribution < -0.4 is 5.32 Å². The summed E-state index contributed by atoms with van der Waals surface area (Å²) in [5, 5.41) is 5.20. The summed E-state index contributed by atoms with van der Waals surface area (Å²) < 4.78 is 5.05. The van der Waals surface area contributed by atoms with E-state index in [1.165, 1.54) is 12.1 Å². The van der Waals surface area contributed by atoms with Gasteiger partial charge in [-0.25, -0.2) is 4.79 Å². The summed E-state index contributed by atoms with van der Waals surface area (Å²) in [7, 11) is 0. The van der Waals surface area contributed by atoms with Crippen molar-refractivity contribution < 1.29 is 14.3 Å². The topological polar surface area (TPSA) is 55.4 Å². The number of carbonyl (C=O) groups is 2. The maximum absolute atomic E-state index is 12.1. The largest absolute Gasteiger partial charge is 0.452 e. The Bertz CT molecular complexity index is 1000. The highest BCUT2D eigenvalue weighted by Crippen LogP contribution is 2.32. The molecule has 1 N–H and O–H groups in total. The maximum Gasteiger partial charge on any atom is 0.338 e. The second kappa shape index (κ2) is 7.96. The second-order valence-corrected chi connectivity index (χ2v) is 6.65. The third kappa shape index (κ3) is 4.28. The number of anilines is 1. The van der Waals surface area contributed by atoms with Gasteiger partial charge in [-0.3, -0.25) is 4.79 Å². The lowest BCUT2D eigenvalue weighted by atomic mass is 10.1. The number of ether oxygens (including phenoxy) is 1. The molecule has 0 radical (unpaired) electrons. The zero-order valence-corrected chi connectivity index (χ0v) is 15.5. The first kappa shape index (κ1) is 18.5. The van der Waals surface area contributed by atoms with E-state index in [0.717, 1.165) is 10.8 Å². The smallest absolute Gasteiger partial charge is 0.338 e. The number of benzene rings is 3. The first-order chi connectivity index (χ1) is 12.4. The van der Waals surface area contributed by atoms with Gasteiger partial charge in [-0.1, -0.05) is 65.1 Å². The molecule has 1 amide bonds. The molecule has 0 spiro atoms. The van der Waals surface area contributed by atoms with E-state index in [0.29, 0.717) is 5.56 Å². The van der Waals surface area contributed by atoms with Gasteiger partial charge in [0.15, 0.2) is 6.61 Å². The molecule has 0 aliphatic rings. The van der Waals surface area contributed by atoms with Crippen LogP contribution in [0.1, 0.15) is 10.4 Å². The quantitative estimate of drug-likeness (QED) is 0.452. The number of hydrogen-bond acceptors (Lipinski definition) is 3. The lowest BCUT2D eigenvalue weighted by molar-refractivity contribution is -0.119. The van der Waals surface area contributed by atoms with Gasteiger partial charge in [0, 0.05) is 0 Å². The van der Waals surface area contributed by atoms with Gasteiger partial charge in [0.05, 0.1) is 26.3 Å². The molecule has 0 saturated heterocycles. The Morgan fingerprint density at radius 2 is 1.54 bits per heavy atom. The van der Waals surface area contributed by atoms with Gasteiger partial charge in [0.2, 0.25) is 0 Å². The molecular weight excluding hydrogens is 397 g/mol. The molecule has 0 fully saturated rings. The summed E-state index contributed by atoms with van der Waals surface area (Å²) in [6, 6.07) is 15.7. The first-order valence-corrected chi connectivity index (χ1v) is 8.68. The number of halogens is 3. The van der Waals surface area contributed by atoms with Crippen LogP contribution in [-0.2, 0) is 9.53 Å². The molecule has 0 saturated carbocycles. The molecule has 0 unspecified atom stereocenters. The van der Waals surface area contributed by atoms with Crippen molar-refractivity contribution in [2.75, 3.05) is 11.9 Å². The maximum atomic E-state index is 12.1. The SMILES string of the molecule is O=C(COC(=O)c1ccc2ccccc2c1)Nc1cc(Cl)c(Cl)cc1Cl. The Kier molecular flexibility index (Phi) is 5.67. The third-order valence-corrected chi connectivity index (χ3v) is 4.64. The Morgan fingerprint density at radius 3 is 2.31 bits per heavy atom. The number of carbonyl (C=O) groups excluding carboxylic acids is 2. The summed E-state index contributed by atoms with van der Waals surface area (Å²) in [5.41, 5.74) is 0.650. The lowest BCUT2D eigenvalue weighted by Gasteiger charge is -2.09. The molecule has 3 aromatic rings. The summed E-state index contributed by atoms with van der Waals surface area (Å²) in [6.07, 6.45) is 0. The van der Waals surface area contributed by atoms with Crippen molar-refractivity contribution in [1.82, 2.24) is 0 Å². The highest BCUT2D eigenvalue weighted by Gasteiger charge is 2.13. The molecule has 4 nitrogen and oxygen atoms in total. The predicted octanol–water partition coefficient (Wildman–Crippen LogP) is 5.60. The molecular formula is C19H12Cl3NO3. The number of rotatable bonds is 4. The van der Waals surface area contributed by atoms with Gasteiger partial charge < -0.3 is 10.1 Å². The van der Waals surface area contributed by atoms with E-state index < -0.39 is 18.5 Å². The van der Waals surface area contributed by atoms with E-state index in [1.54, 1.807) is 12.1 Å². The van der Waals surface area contributed by atoms with Crippen LogP contribution in [0.25, 0.3) is 10.8 Å². The average molecular weight is 409 g/mol. The molecule has 3 rings (SSSR count). The highest BCUT2D eigenvalue weighted by molar-refractivity contribution is 6.44. The predicted molar refractivity (Wildman–Crippen MR) is 104 cm³/mol. The molecule has 0 aliphatic heterocycles. The van der Waals surface area contributed by atoms with Gasteiger partial charge in [-0.05, 0) is 35.0 Å². The van der Waals surface area contributed by atoms with Gasteiger partial charge in [-0.15, -0.1) is 0 Å². The van der Waals surface area contributed by atoms with Gasteiger partial charge in [0.1, 0.15) is 0 Å². The third-order valence-electron chi connectivity index (χ3n) is 3.60. The number of amides is 1. The number of esters is 1. The van der Waals surface area contributed by atoms with E-state index in [-0.39, 0.29) is 20.8 Å². The molecule has 0 atom stereocenters. The fourth-order valence-corrected chi connectivity index (χ4v) is 2.93. The van der Waals surface area contributed by atoms with Crippen molar-refractivity contribution >= 4 is 63.1 Å². The monoisotopic (exact) mass is 407 g/mol. The van der Waals surface area contributed by atoms with Crippen molar-refractivity contribution in [3.05, 3.63) is 75.2 Å². The van der Waals surface area contributed by atoms with Crippen LogP contribution in [0.3, 0.4) is 0 Å². The fourth-order valence-electron chi connectivity index (χ4n) is 2.34. The second-order valence-electron chi connectivity index (χ2n) is 5.43. The van der Waals surface area contributed by atoms with Crippen molar-refractivity contribution in [2.24, 2.45) is 0 Å². The van der Waals surface area contributed by atoms with Gasteiger partial charge in [0.25, 0.3) is 5.91 Å². The Morgan fingerprint density at radius 1 is 0.846 bits per heavy atom. The molecule has 0 heterocycles. The normalized spacial score (nSPS) is 10.6. The molecule has 0 bridgehead atoms. The van der Waals surface area contributed by atoms with E-state index in [2.05, 4.69) is 5.32 Å². The fraction of sp³-hybridized carbons (Fsp3) is 0.0526. The standard InChI is InChI=1S/C19H12Cl3NO3/c20-14-8-16(22)17(9-15(14)21)23-18(24)10-26-19(25)13-6-5-11-3-1-2-4-12(11)7-13/h1-9H,10H2,(H,23,24). The van der Waals surface area contributed by atoms with Crippen molar-refractivity contribution in [3.63, 3.8) is 0 Å². The zero-order chi connectivity index (χ0) is 18.7. The van der Waals surface area contributed by atoms with Gasteiger partial charge >= 0.3 is 5.97 Å². The summed E-state index contributed by atoms with van der Waals surface area (Å²) >= 11 is 17.7. The molecule has 7 heteroatoms. The minimum atomic E-state index is -0.592. The van der Waals surface area contributed by atoms with E-state index >= 15 is 0 Å². The number of hydrogen-bond donors (Lipinski definition) is 1. The Balaban J connectivity index is 1.63. The van der Waals surface area contributed by atoms with E-state index in [1.807, 2.05) is 30.3 Å². The summed E-state index contributed by atoms with van der Waals surface area (Å²) in [5.74, 6) is -1.13. The van der Waals surface area contributed by atoms with Crippen molar-refractivity contribution in [1.29, 1.82) is 0 Å². The van der Waals surface area contributed by atoms with E-state index in [4.69, 9.17) is 39.5 Å². The average Bonchev–Trinajstić information content (AvgIpc) is 2.63. The van der Waals surface area contributed by atoms with Gasteiger partial charge in [-0.2, -0.15) is 0 Å². The Hall–Kier alpha value is -2.27. The molecule has 0 aliphatic carbocycles.